The fraction of sp³-hybridized carbons (Fsp3) is 0.227. The van der Waals surface area contributed by atoms with Crippen molar-refractivity contribution in [1.82, 2.24) is 4.90 Å². The third kappa shape index (κ3) is 6.21. The van der Waals surface area contributed by atoms with Crippen LogP contribution in [-0.2, 0) is 4.74 Å². The summed E-state index contributed by atoms with van der Waals surface area (Å²) in [5.41, 5.74) is 14.0. The predicted octanol–water partition coefficient (Wildman–Crippen LogP) is 3.82. The molecule has 1 aliphatic rings. The molecule has 158 valence electrons. The normalized spacial score (nSPS) is 15.4. The zero-order valence-electron chi connectivity index (χ0n) is 16.6. The van der Waals surface area contributed by atoms with Crippen molar-refractivity contribution in [1.29, 1.82) is 0 Å². The van der Waals surface area contributed by atoms with Crippen molar-refractivity contribution < 1.29 is 9.53 Å². The number of carbonyl (C=O) groups excluding carboxylic acids is 1. The van der Waals surface area contributed by atoms with Crippen molar-refractivity contribution in [2.75, 3.05) is 38.2 Å². The number of halogens is 1. The maximum atomic E-state index is 11.9. The van der Waals surface area contributed by atoms with Gasteiger partial charge in [0.15, 0.2) is 0 Å². The standard InChI is InChI=1S/C22H25ClN4O2S/c1-15(14-27-9-11-29-12-10-27)3-2-4-20(24)26-22-18(21(25)28)13-19(30-22)16-5-7-17(23)8-6-16/h2-8,13,26H,1,9-12,14,24H2,(H2,25,28)/b3-2-,20-4+. The second-order valence-electron chi connectivity index (χ2n) is 6.88. The number of hydrogen-bond donors (Lipinski definition) is 3. The number of allylic oxidation sites excluding steroid dienone is 2. The maximum Gasteiger partial charge on any atom is 0.251 e. The Bertz CT molecular complexity index is 960. The molecule has 2 aromatic rings. The van der Waals surface area contributed by atoms with E-state index in [0.717, 1.165) is 48.9 Å². The van der Waals surface area contributed by atoms with Gasteiger partial charge in [0.05, 0.1) is 18.8 Å². The smallest absolute Gasteiger partial charge is 0.251 e. The molecule has 0 saturated carbocycles. The Labute approximate surface area is 185 Å². The van der Waals surface area contributed by atoms with E-state index in [0.29, 0.717) is 21.4 Å². The number of nitrogens with zero attached hydrogens (tertiary/aromatic N) is 1. The summed E-state index contributed by atoms with van der Waals surface area (Å²) in [6.45, 7) is 8.22. The Morgan fingerprint density at radius 2 is 1.97 bits per heavy atom. The third-order valence-electron chi connectivity index (χ3n) is 4.52. The molecular weight excluding hydrogens is 420 g/mol. The second-order valence-corrected chi connectivity index (χ2v) is 8.37. The molecular formula is C22H25ClN4O2S. The summed E-state index contributed by atoms with van der Waals surface area (Å²) in [6.07, 6.45) is 5.49. The average molecular weight is 445 g/mol. The molecule has 0 atom stereocenters. The van der Waals surface area contributed by atoms with Crippen LogP contribution in [0.25, 0.3) is 10.4 Å². The van der Waals surface area contributed by atoms with Gasteiger partial charge in [-0.1, -0.05) is 42.5 Å². The largest absolute Gasteiger partial charge is 0.385 e. The number of thiophene rings is 1. The van der Waals surface area contributed by atoms with Gasteiger partial charge in [0, 0.05) is 29.5 Å². The van der Waals surface area contributed by atoms with Gasteiger partial charge >= 0.3 is 0 Å². The van der Waals surface area contributed by atoms with Gasteiger partial charge < -0.3 is 21.5 Å². The van der Waals surface area contributed by atoms with Crippen LogP contribution in [0, 0.1) is 0 Å². The quantitative estimate of drug-likeness (QED) is 0.538. The molecule has 1 aliphatic heterocycles. The van der Waals surface area contributed by atoms with Crippen molar-refractivity contribution in [3.8, 4) is 10.4 Å². The van der Waals surface area contributed by atoms with Crippen LogP contribution < -0.4 is 16.8 Å². The molecule has 2 heterocycles. The third-order valence-corrected chi connectivity index (χ3v) is 5.87. The number of anilines is 1. The monoisotopic (exact) mass is 444 g/mol. The summed E-state index contributed by atoms with van der Waals surface area (Å²) in [5.74, 6) is -0.117. The minimum atomic E-state index is -0.517. The lowest BCUT2D eigenvalue weighted by molar-refractivity contribution is 0.0426. The van der Waals surface area contributed by atoms with Crippen molar-refractivity contribution >= 4 is 33.8 Å². The van der Waals surface area contributed by atoms with E-state index in [2.05, 4.69) is 16.8 Å². The van der Waals surface area contributed by atoms with Gasteiger partial charge in [0.25, 0.3) is 5.91 Å². The lowest BCUT2D eigenvalue weighted by atomic mass is 10.1. The highest BCUT2D eigenvalue weighted by atomic mass is 35.5. The number of nitrogens with two attached hydrogens (primary N) is 2. The van der Waals surface area contributed by atoms with Gasteiger partial charge in [-0.05, 0) is 35.4 Å². The zero-order valence-corrected chi connectivity index (χ0v) is 18.1. The Balaban J connectivity index is 1.65. The van der Waals surface area contributed by atoms with Crippen LogP contribution >= 0.6 is 22.9 Å². The summed E-state index contributed by atoms with van der Waals surface area (Å²) < 4.78 is 5.35. The average Bonchev–Trinajstić information content (AvgIpc) is 3.13. The predicted molar refractivity (Wildman–Crippen MR) is 125 cm³/mol. The topological polar surface area (TPSA) is 93.6 Å². The van der Waals surface area contributed by atoms with E-state index in [9.17, 15) is 4.79 Å². The number of morpholine rings is 1. The van der Waals surface area contributed by atoms with E-state index < -0.39 is 5.91 Å². The van der Waals surface area contributed by atoms with E-state index in [1.165, 1.54) is 11.3 Å². The zero-order chi connectivity index (χ0) is 21.5. The first-order chi connectivity index (χ1) is 14.4. The molecule has 30 heavy (non-hydrogen) atoms. The lowest BCUT2D eigenvalue weighted by Crippen LogP contribution is -2.37. The molecule has 1 aromatic carbocycles. The molecule has 0 unspecified atom stereocenters. The first-order valence-corrected chi connectivity index (χ1v) is 10.7. The van der Waals surface area contributed by atoms with E-state index in [-0.39, 0.29) is 0 Å². The first kappa shape index (κ1) is 22.1. The van der Waals surface area contributed by atoms with Crippen LogP contribution in [0.5, 0.6) is 0 Å². The van der Waals surface area contributed by atoms with Crippen molar-refractivity contribution in [3.63, 3.8) is 0 Å². The Hall–Kier alpha value is -2.58. The Kier molecular flexibility index (Phi) is 7.70. The van der Waals surface area contributed by atoms with Gasteiger partial charge in [0.1, 0.15) is 10.8 Å². The fourth-order valence-electron chi connectivity index (χ4n) is 2.98. The maximum absolute atomic E-state index is 11.9. The Morgan fingerprint density at radius 3 is 2.63 bits per heavy atom. The van der Waals surface area contributed by atoms with Crippen LogP contribution in [0.3, 0.4) is 0 Å². The van der Waals surface area contributed by atoms with Gasteiger partial charge in [0.2, 0.25) is 0 Å². The molecule has 3 rings (SSSR count). The molecule has 1 saturated heterocycles. The molecule has 1 aromatic heterocycles. The molecule has 6 nitrogen and oxygen atoms in total. The van der Waals surface area contributed by atoms with Gasteiger partial charge in [-0.25, -0.2) is 0 Å². The fourth-order valence-corrected chi connectivity index (χ4v) is 4.20. The molecule has 1 amide bonds. The van der Waals surface area contributed by atoms with E-state index >= 15 is 0 Å². The highest BCUT2D eigenvalue weighted by Crippen LogP contribution is 2.36. The van der Waals surface area contributed by atoms with Gasteiger partial charge in [-0.15, -0.1) is 11.3 Å². The molecule has 0 radical (unpaired) electrons. The molecule has 5 N–H and O–H groups in total. The highest BCUT2D eigenvalue weighted by Gasteiger charge is 2.15. The molecule has 1 fully saturated rings. The van der Waals surface area contributed by atoms with Crippen LogP contribution in [0.15, 0.2) is 66.5 Å². The van der Waals surface area contributed by atoms with Crippen molar-refractivity contribution in [3.05, 3.63) is 77.1 Å². The van der Waals surface area contributed by atoms with Crippen LogP contribution in [0.1, 0.15) is 10.4 Å². The SMILES string of the molecule is C=C(/C=C\C=C(/N)Nc1sc(-c2ccc(Cl)cc2)cc1C(N)=O)CN1CCOCC1. The van der Waals surface area contributed by atoms with Gasteiger partial charge in [-0.3, -0.25) is 9.69 Å². The van der Waals surface area contributed by atoms with E-state index in [1.54, 1.807) is 24.3 Å². The number of nitrogens with one attached hydrogen (secondary N) is 1. The summed E-state index contributed by atoms with van der Waals surface area (Å²) in [5, 5.41) is 4.32. The van der Waals surface area contributed by atoms with Crippen molar-refractivity contribution in [2.24, 2.45) is 11.5 Å². The molecule has 8 heteroatoms. The minimum absolute atomic E-state index is 0.391. The summed E-state index contributed by atoms with van der Waals surface area (Å²) >= 11 is 7.35. The summed E-state index contributed by atoms with van der Waals surface area (Å²) in [7, 11) is 0. The minimum Gasteiger partial charge on any atom is -0.385 e. The van der Waals surface area contributed by atoms with Crippen LogP contribution in [0.2, 0.25) is 5.02 Å². The number of hydrogen-bond acceptors (Lipinski definition) is 6. The van der Waals surface area contributed by atoms with Crippen LogP contribution in [-0.4, -0.2) is 43.7 Å². The Morgan fingerprint density at radius 1 is 1.27 bits per heavy atom. The van der Waals surface area contributed by atoms with Gasteiger partial charge in [-0.2, -0.15) is 0 Å². The second kappa shape index (κ2) is 10.4. The summed E-state index contributed by atoms with van der Waals surface area (Å²) in [6, 6.07) is 9.15. The number of amides is 1. The number of carbonyl (C=O) groups is 1. The molecule has 0 spiro atoms. The highest BCUT2D eigenvalue weighted by molar-refractivity contribution is 7.19. The molecule has 0 aliphatic carbocycles. The summed E-state index contributed by atoms with van der Waals surface area (Å²) in [4.78, 5) is 15.1. The van der Waals surface area contributed by atoms with Crippen molar-refractivity contribution in [2.45, 2.75) is 0 Å². The van der Waals surface area contributed by atoms with E-state index in [1.807, 2.05) is 24.3 Å². The lowest BCUT2D eigenvalue weighted by Gasteiger charge is -2.26. The number of rotatable bonds is 8. The number of benzene rings is 1. The molecule has 0 bridgehead atoms. The number of ether oxygens (including phenoxy) is 1. The number of primary amides is 1. The van der Waals surface area contributed by atoms with E-state index in [4.69, 9.17) is 27.8 Å². The first-order valence-electron chi connectivity index (χ1n) is 9.50. The van der Waals surface area contributed by atoms with Crippen LogP contribution in [0.4, 0.5) is 5.00 Å².